The number of carbonyl (C=O) groups is 6. The van der Waals surface area contributed by atoms with Crippen molar-refractivity contribution in [2.24, 2.45) is 11.8 Å². The maximum Gasteiger partial charge on any atom is 0.305 e. The van der Waals surface area contributed by atoms with Crippen molar-refractivity contribution in [1.82, 2.24) is 20.9 Å². The van der Waals surface area contributed by atoms with Gasteiger partial charge in [-0.1, -0.05) is 27.7 Å². The zero-order valence-electron chi connectivity index (χ0n) is 22.6. The van der Waals surface area contributed by atoms with Crippen molar-refractivity contribution in [3.8, 4) is 0 Å². The molecule has 12 heteroatoms. The number of ether oxygens (including phenoxy) is 1. The Morgan fingerprint density at radius 2 is 1.65 bits per heavy atom. The molecule has 0 aliphatic carbocycles. The fraction of sp³-hybridized carbons (Fsp3) is 0.760. The molecule has 1 saturated heterocycles. The van der Waals surface area contributed by atoms with E-state index >= 15 is 0 Å². The average Bonchev–Trinajstić information content (AvgIpc) is 3.32. The molecule has 0 bridgehead atoms. The molecular weight excluding hydrogens is 487 g/mol. The molecule has 0 aromatic rings. The summed E-state index contributed by atoms with van der Waals surface area (Å²) in [4.78, 5) is 76.0. The monoisotopic (exact) mass is 528 g/mol. The average molecular weight is 529 g/mol. The highest BCUT2D eigenvalue weighted by Crippen LogP contribution is 2.21. The van der Waals surface area contributed by atoms with Gasteiger partial charge in [0.15, 0.2) is 5.78 Å². The number of halogens is 1. The second-order valence-corrected chi connectivity index (χ2v) is 10.1. The van der Waals surface area contributed by atoms with Crippen molar-refractivity contribution in [1.29, 1.82) is 0 Å². The minimum atomic E-state index is -1.31. The molecule has 4 atom stereocenters. The number of rotatable bonds is 14. The molecule has 1 rings (SSSR count). The molecule has 0 radical (unpaired) electrons. The first-order valence-corrected chi connectivity index (χ1v) is 12.7. The second kappa shape index (κ2) is 15.3. The van der Waals surface area contributed by atoms with Crippen molar-refractivity contribution in [3.63, 3.8) is 0 Å². The van der Waals surface area contributed by atoms with Gasteiger partial charge in [0, 0.05) is 19.9 Å². The van der Waals surface area contributed by atoms with E-state index in [1.807, 2.05) is 13.8 Å². The summed E-state index contributed by atoms with van der Waals surface area (Å²) >= 11 is 0. The van der Waals surface area contributed by atoms with Crippen LogP contribution in [-0.4, -0.2) is 84.8 Å². The van der Waals surface area contributed by atoms with E-state index in [1.165, 1.54) is 18.9 Å². The van der Waals surface area contributed by atoms with Crippen molar-refractivity contribution in [3.05, 3.63) is 0 Å². The summed E-state index contributed by atoms with van der Waals surface area (Å²) in [6, 6.07) is -3.91. The lowest BCUT2D eigenvalue weighted by atomic mass is 9.99. The summed E-state index contributed by atoms with van der Waals surface area (Å²) in [5.41, 5.74) is 0. The molecule has 37 heavy (non-hydrogen) atoms. The number of methoxy groups -OCH3 is 1. The van der Waals surface area contributed by atoms with Crippen LogP contribution < -0.4 is 16.0 Å². The molecule has 3 N–H and O–H groups in total. The highest BCUT2D eigenvalue weighted by atomic mass is 19.1. The zero-order valence-corrected chi connectivity index (χ0v) is 22.6. The van der Waals surface area contributed by atoms with Crippen molar-refractivity contribution in [2.45, 2.75) is 90.9 Å². The van der Waals surface area contributed by atoms with Crippen LogP contribution in [0, 0.1) is 11.8 Å². The highest BCUT2D eigenvalue weighted by molar-refractivity contribution is 5.96. The third-order valence-corrected chi connectivity index (χ3v) is 6.17. The lowest BCUT2D eigenvalue weighted by molar-refractivity contribution is -0.143. The van der Waals surface area contributed by atoms with Gasteiger partial charge in [0.05, 0.1) is 13.2 Å². The smallest absolute Gasteiger partial charge is 0.305 e. The van der Waals surface area contributed by atoms with Gasteiger partial charge in [-0.15, -0.1) is 0 Å². The number of Topliss-reactive ketones (excluding diaryl/α,β-unsaturated/α-hetero) is 1. The predicted octanol–water partition coefficient (Wildman–Crippen LogP) is 0.646. The van der Waals surface area contributed by atoms with Gasteiger partial charge in [-0.2, -0.15) is 0 Å². The maximum atomic E-state index is 13.5. The highest BCUT2D eigenvalue weighted by Gasteiger charge is 2.39. The fourth-order valence-electron chi connectivity index (χ4n) is 4.25. The van der Waals surface area contributed by atoms with Crippen LogP contribution in [0.2, 0.25) is 0 Å². The second-order valence-electron chi connectivity index (χ2n) is 10.1. The van der Waals surface area contributed by atoms with Crippen molar-refractivity contribution < 1.29 is 37.9 Å². The van der Waals surface area contributed by atoms with E-state index in [-0.39, 0.29) is 37.1 Å². The van der Waals surface area contributed by atoms with Crippen LogP contribution in [0.3, 0.4) is 0 Å². The van der Waals surface area contributed by atoms with E-state index in [9.17, 15) is 33.2 Å². The van der Waals surface area contributed by atoms with Crippen molar-refractivity contribution >= 4 is 35.4 Å². The van der Waals surface area contributed by atoms with E-state index in [0.717, 1.165) is 0 Å². The molecule has 1 fully saturated rings. The lowest BCUT2D eigenvalue weighted by Crippen LogP contribution is -2.58. The van der Waals surface area contributed by atoms with Gasteiger partial charge in [0.2, 0.25) is 23.6 Å². The van der Waals surface area contributed by atoms with E-state index in [2.05, 4.69) is 20.7 Å². The summed E-state index contributed by atoms with van der Waals surface area (Å²) in [7, 11) is 1.18. The number of carbonyl (C=O) groups excluding carboxylic acids is 6. The maximum absolute atomic E-state index is 13.5. The van der Waals surface area contributed by atoms with Crippen LogP contribution in [-0.2, 0) is 33.5 Å². The Balaban J connectivity index is 3.05. The predicted molar refractivity (Wildman–Crippen MR) is 133 cm³/mol. The number of amides is 4. The summed E-state index contributed by atoms with van der Waals surface area (Å²) < 4.78 is 17.6. The molecule has 0 saturated carbocycles. The van der Waals surface area contributed by atoms with Gasteiger partial charge in [0.25, 0.3) is 0 Å². The molecule has 1 aliphatic rings. The van der Waals surface area contributed by atoms with Crippen LogP contribution in [0.4, 0.5) is 4.39 Å². The van der Waals surface area contributed by atoms with E-state index < -0.39 is 60.3 Å². The molecule has 4 amide bonds. The molecule has 0 aromatic carbocycles. The summed E-state index contributed by atoms with van der Waals surface area (Å²) in [5, 5.41) is 7.83. The number of nitrogens with zero attached hydrogens (tertiary/aromatic N) is 1. The van der Waals surface area contributed by atoms with Crippen LogP contribution in [0.25, 0.3) is 0 Å². The number of hydrogen-bond donors (Lipinski definition) is 3. The summed E-state index contributed by atoms with van der Waals surface area (Å²) in [5.74, 6) is -3.62. The zero-order chi connectivity index (χ0) is 28.3. The van der Waals surface area contributed by atoms with Crippen LogP contribution in [0.15, 0.2) is 0 Å². The van der Waals surface area contributed by atoms with Gasteiger partial charge in [-0.05, 0) is 37.5 Å². The Labute approximate surface area is 217 Å². The van der Waals surface area contributed by atoms with E-state index in [4.69, 9.17) is 0 Å². The number of ketones is 1. The molecule has 0 unspecified atom stereocenters. The summed E-state index contributed by atoms with van der Waals surface area (Å²) in [6.07, 6.45) is 0.842. The number of likely N-dealkylation sites (tertiary alicyclic amines) is 1. The quantitative estimate of drug-likeness (QED) is 0.280. The van der Waals surface area contributed by atoms with Gasteiger partial charge in [-0.3, -0.25) is 28.8 Å². The van der Waals surface area contributed by atoms with Gasteiger partial charge in [-0.25, -0.2) is 4.39 Å². The van der Waals surface area contributed by atoms with Gasteiger partial charge in [0.1, 0.15) is 24.8 Å². The minimum Gasteiger partial charge on any atom is -0.469 e. The first-order chi connectivity index (χ1) is 17.3. The van der Waals surface area contributed by atoms with Crippen LogP contribution >= 0.6 is 0 Å². The van der Waals surface area contributed by atoms with Crippen LogP contribution in [0.5, 0.6) is 0 Å². The number of esters is 1. The Bertz CT molecular complexity index is 849. The van der Waals surface area contributed by atoms with Gasteiger partial charge < -0.3 is 25.6 Å². The van der Waals surface area contributed by atoms with E-state index in [1.54, 1.807) is 13.8 Å². The molecule has 0 aromatic heterocycles. The molecule has 0 spiro atoms. The molecule has 11 nitrogen and oxygen atoms in total. The SMILES string of the molecule is COC(=O)CC[C@H](NC(=O)[C@@H]1CCCN1C(=O)[C@H](CC(C)C)NC(=O)[C@@H](NC(C)=O)C(C)C)C(=O)CF. The third kappa shape index (κ3) is 10.1. The first-order valence-electron chi connectivity index (χ1n) is 12.7. The van der Waals surface area contributed by atoms with E-state index in [0.29, 0.717) is 19.3 Å². The third-order valence-electron chi connectivity index (χ3n) is 6.17. The number of hydrogen-bond acceptors (Lipinski definition) is 7. The number of nitrogens with one attached hydrogen (secondary N) is 3. The lowest BCUT2D eigenvalue weighted by Gasteiger charge is -2.31. The molecule has 1 aliphatic heterocycles. The normalized spacial score (nSPS) is 17.6. The summed E-state index contributed by atoms with van der Waals surface area (Å²) in [6.45, 7) is 7.59. The van der Waals surface area contributed by atoms with Gasteiger partial charge >= 0.3 is 5.97 Å². The Hall–Kier alpha value is -3.05. The largest absolute Gasteiger partial charge is 0.469 e. The number of alkyl halides is 1. The van der Waals surface area contributed by atoms with Crippen molar-refractivity contribution in [2.75, 3.05) is 20.3 Å². The minimum absolute atomic E-state index is 0.0345. The molecule has 1 heterocycles. The Morgan fingerprint density at radius 3 is 2.16 bits per heavy atom. The Morgan fingerprint density at radius 1 is 1.00 bits per heavy atom. The topological polar surface area (TPSA) is 151 Å². The molecular formula is C25H41FN4O7. The fourth-order valence-corrected chi connectivity index (χ4v) is 4.25. The Kier molecular flexibility index (Phi) is 13.2. The first kappa shape index (κ1) is 32.0. The van der Waals surface area contributed by atoms with Crippen LogP contribution in [0.1, 0.15) is 66.7 Å². The molecule has 210 valence electrons. The standard InChI is InChI=1S/C25H41FN4O7/c1-14(2)12-18(29-24(35)22(15(3)4)27-16(5)31)25(36)30-11-7-8-19(30)23(34)28-17(20(32)13-26)9-10-21(33)37-6/h14-15,17-19,22H,7-13H2,1-6H3,(H,27,31)(H,28,34)(H,29,35)/t17-,18-,19-,22-/m0/s1.